The van der Waals surface area contributed by atoms with Crippen LogP contribution in [0, 0.1) is 18.6 Å². The van der Waals surface area contributed by atoms with E-state index in [-0.39, 0.29) is 18.6 Å². The molecular weight excluding hydrogens is 400 g/mol. The first-order valence-corrected chi connectivity index (χ1v) is 10.5. The van der Waals surface area contributed by atoms with Crippen molar-refractivity contribution < 1.29 is 13.6 Å². The zero-order valence-corrected chi connectivity index (χ0v) is 17.8. The third-order valence-corrected chi connectivity index (χ3v) is 6.00. The van der Waals surface area contributed by atoms with E-state index >= 15 is 0 Å². The lowest BCUT2D eigenvalue weighted by Gasteiger charge is -2.37. The highest BCUT2D eigenvalue weighted by Crippen LogP contribution is 2.21. The first-order chi connectivity index (χ1) is 14.9. The van der Waals surface area contributed by atoms with Crippen LogP contribution in [-0.2, 0) is 13.1 Å². The largest absolute Gasteiger partial charge is 0.334 e. The number of fused-ring (bicyclic) bond motifs is 1. The number of aromatic amines is 1. The molecule has 31 heavy (non-hydrogen) atoms. The van der Waals surface area contributed by atoms with E-state index in [0.29, 0.717) is 12.1 Å². The summed E-state index contributed by atoms with van der Waals surface area (Å²) in [5.74, 6) is -1.26. The predicted octanol–water partition coefficient (Wildman–Crippen LogP) is 3.96. The van der Waals surface area contributed by atoms with Gasteiger partial charge in [0.05, 0.1) is 12.1 Å². The molecule has 2 amide bonds. The van der Waals surface area contributed by atoms with Gasteiger partial charge in [-0.1, -0.05) is 12.1 Å². The number of nitrogens with zero attached hydrogens (tertiary/aromatic N) is 3. The normalized spacial score (nSPS) is 15.4. The Balaban J connectivity index is 1.50. The highest BCUT2D eigenvalue weighted by molar-refractivity contribution is 5.82. The molecule has 2 heterocycles. The van der Waals surface area contributed by atoms with Crippen molar-refractivity contribution in [3.8, 4) is 0 Å². The van der Waals surface area contributed by atoms with Gasteiger partial charge in [-0.25, -0.2) is 13.6 Å². The van der Waals surface area contributed by atoms with Crippen molar-refractivity contribution in [2.45, 2.75) is 38.9 Å². The SMILES string of the molecule is Cc1[nH]nc2ccc(CNC(=O)N(Cc3ccc(F)cc3F)C3CCN(C)CC3)cc12. The Morgan fingerprint density at radius 3 is 2.74 bits per heavy atom. The van der Waals surface area contributed by atoms with E-state index in [9.17, 15) is 13.6 Å². The van der Waals surface area contributed by atoms with Gasteiger partial charge in [0.25, 0.3) is 0 Å². The fourth-order valence-corrected chi connectivity index (χ4v) is 4.08. The second-order valence-electron chi connectivity index (χ2n) is 8.26. The molecule has 0 bridgehead atoms. The van der Waals surface area contributed by atoms with Crippen LogP contribution in [0.4, 0.5) is 13.6 Å². The summed E-state index contributed by atoms with van der Waals surface area (Å²) in [6, 6.07) is 9.12. The molecule has 0 atom stereocenters. The standard InChI is InChI=1S/C23H27F2N5O/c1-15-20-11-16(3-6-22(20)28-27-15)13-26-23(31)30(19-7-9-29(2)10-8-19)14-17-4-5-18(24)12-21(17)25/h3-6,11-12,19H,7-10,13-14H2,1-2H3,(H,26,31)(H,27,28). The molecule has 8 heteroatoms. The van der Waals surface area contributed by atoms with Gasteiger partial charge in [-0.15, -0.1) is 0 Å². The van der Waals surface area contributed by atoms with E-state index in [4.69, 9.17) is 0 Å². The van der Waals surface area contributed by atoms with Crippen LogP contribution >= 0.6 is 0 Å². The zero-order chi connectivity index (χ0) is 22.0. The average molecular weight is 427 g/mol. The molecule has 164 valence electrons. The Morgan fingerprint density at radius 1 is 1.23 bits per heavy atom. The molecule has 2 N–H and O–H groups in total. The fraction of sp³-hybridized carbons (Fsp3) is 0.391. The summed E-state index contributed by atoms with van der Waals surface area (Å²) in [5, 5.41) is 11.2. The van der Waals surface area contributed by atoms with E-state index in [0.717, 1.165) is 54.2 Å². The lowest BCUT2D eigenvalue weighted by Crippen LogP contribution is -2.49. The van der Waals surface area contributed by atoms with Gasteiger partial charge in [-0.05, 0) is 63.7 Å². The minimum atomic E-state index is -0.633. The first-order valence-electron chi connectivity index (χ1n) is 10.5. The van der Waals surface area contributed by atoms with E-state index < -0.39 is 11.6 Å². The Morgan fingerprint density at radius 2 is 2.00 bits per heavy atom. The number of amides is 2. The van der Waals surface area contributed by atoms with Gasteiger partial charge >= 0.3 is 6.03 Å². The summed E-state index contributed by atoms with van der Waals surface area (Å²) in [4.78, 5) is 17.0. The van der Waals surface area contributed by atoms with Crippen molar-refractivity contribution in [2.75, 3.05) is 20.1 Å². The number of rotatable bonds is 5. The fourth-order valence-electron chi connectivity index (χ4n) is 4.08. The molecule has 1 aromatic heterocycles. The average Bonchev–Trinajstić information content (AvgIpc) is 3.12. The van der Waals surface area contributed by atoms with Gasteiger partial charge in [-0.2, -0.15) is 5.10 Å². The zero-order valence-electron chi connectivity index (χ0n) is 17.8. The Kier molecular flexibility index (Phi) is 6.18. The number of hydrogen-bond acceptors (Lipinski definition) is 3. The molecule has 2 aromatic carbocycles. The molecule has 0 saturated carbocycles. The summed E-state index contributed by atoms with van der Waals surface area (Å²) in [7, 11) is 2.05. The van der Waals surface area contributed by atoms with Gasteiger partial charge in [0.15, 0.2) is 0 Å². The highest BCUT2D eigenvalue weighted by Gasteiger charge is 2.28. The van der Waals surface area contributed by atoms with Crippen molar-refractivity contribution in [3.05, 3.63) is 64.9 Å². The molecule has 0 aliphatic carbocycles. The number of nitrogens with one attached hydrogen (secondary N) is 2. The summed E-state index contributed by atoms with van der Waals surface area (Å²) >= 11 is 0. The second-order valence-corrected chi connectivity index (χ2v) is 8.26. The monoisotopic (exact) mass is 427 g/mol. The van der Waals surface area contributed by atoms with Crippen molar-refractivity contribution in [2.24, 2.45) is 0 Å². The highest BCUT2D eigenvalue weighted by atomic mass is 19.1. The van der Waals surface area contributed by atoms with Gasteiger partial charge in [-0.3, -0.25) is 5.10 Å². The summed E-state index contributed by atoms with van der Waals surface area (Å²) in [6.07, 6.45) is 1.62. The Labute approximate surface area is 180 Å². The molecule has 3 aromatic rings. The van der Waals surface area contributed by atoms with Crippen molar-refractivity contribution in [3.63, 3.8) is 0 Å². The quantitative estimate of drug-likeness (QED) is 0.648. The molecule has 0 spiro atoms. The summed E-state index contributed by atoms with van der Waals surface area (Å²) in [5.41, 5.74) is 3.13. The number of urea groups is 1. The van der Waals surface area contributed by atoms with Gasteiger partial charge in [0.2, 0.25) is 0 Å². The lowest BCUT2D eigenvalue weighted by molar-refractivity contribution is 0.126. The van der Waals surface area contributed by atoms with Crippen LogP contribution in [0.1, 0.15) is 29.7 Å². The van der Waals surface area contributed by atoms with Crippen molar-refractivity contribution >= 4 is 16.9 Å². The smallest absolute Gasteiger partial charge is 0.318 e. The minimum absolute atomic E-state index is 0.000693. The number of carbonyl (C=O) groups excluding carboxylic acids is 1. The van der Waals surface area contributed by atoms with E-state index in [1.807, 2.05) is 32.2 Å². The van der Waals surface area contributed by atoms with Gasteiger partial charge < -0.3 is 15.1 Å². The van der Waals surface area contributed by atoms with Crippen LogP contribution in [0.5, 0.6) is 0 Å². The molecule has 1 saturated heterocycles. The number of halogens is 2. The van der Waals surface area contributed by atoms with Crippen LogP contribution in [0.25, 0.3) is 10.9 Å². The first kappa shape index (κ1) is 21.2. The third-order valence-electron chi connectivity index (χ3n) is 6.00. The topological polar surface area (TPSA) is 64.3 Å². The number of benzene rings is 2. The predicted molar refractivity (Wildman–Crippen MR) is 115 cm³/mol. The summed E-state index contributed by atoms with van der Waals surface area (Å²) in [6.45, 7) is 4.16. The van der Waals surface area contributed by atoms with Crippen LogP contribution in [0.15, 0.2) is 36.4 Å². The number of carbonyl (C=O) groups is 1. The van der Waals surface area contributed by atoms with Crippen LogP contribution in [0.3, 0.4) is 0 Å². The number of likely N-dealkylation sites (tertiary alicyclic amines) is 1. The third kappa shape index (κ3) is 4.85. The number of piperidine rings is 1. The van der Waals surface area contributed by atoms with Crippen molar-refractivity contribution in [1.82, 2.24) is 25.3 Å². The van der Waals surface area contributed by atoms with Gasteiger partial charge in [0, 0.05) is 35.3 Å². The minimum Gasteiger partial charge on any atom is -0.334 e. The molecule has 1 aliphatic rings. The molecule has 1 aliphatic heterocycles. The molecular formula is C23H27F2N5O. The maximum Gasteiger partial charge on any atom is 0.318 e. The van der Waals surface area contributed by atoms with Crippen molar-refractivity contribution in [1.29, 1.82) is 0 Å². The van der Waals surface area contributed by atoms with Crippen LogP contribution in [0.2, 0.25) is 0 Å². The van der Waals surface area contributed by atoms with E-state index in [2.05, 4.69) is 20.4 Å². The maximum atomic E-state index is 14.3. The molecule has 1 fully saturated rings. The maximum absolute atomic E-state index is 14.3. The summed E-state index contributed by atoms with van der Waals surface area (Å²) < 4.78 is 27.6. The number of aromatic nitrogens is 2. The second kappa shape index (κ2) is 9.01. The number of aryl methyl sites for hydroxylation is 1. The molecule has 4 rings (SSSR count). The van der Waals surface area contributed by atoms with Crippen LogP contribution < -0.4 is 5.32 Å². The number of hydrogen-bond donors (Lipinski definition) is 2. The van der Waals surface area contributed by atoms with Crippen LogP contribution in [-0.4, -0.2) is 52.2 Å². The molecule has 0 unspecified atom stereocenters. The van der Waals surface area contributed by atoms with E-state index in [1.54, 1.807) is 4.90 Å². The lowest BCUT2D eigenvalue weighted by atomic mass is 10.0. The van der Waals surface area contributed by atoms with E-state index in [1.165, 1.54) is 12.1 Å². The Hall–Kier alpha value is -3.00. The number of H-pyrrole nitrogens is 1. The Bertz CT molecular complexity index is 1080. The van der Waals surface area contributed by atoms with Gasteiger partial charge in [0.1, 0.15) is 11.6 Å². The molecule has 0 radical (unpaired) electrons. The molecule has 6 nitrogen and oxygen atoms in total.